The van der Waals surface area contributed by atoms with Crippen LogP contribution >= 0.6 is 0 Å². The van der Waals surface area contributed by atoms with Crippen LogP contribution in [0.1, 0.15) is 0 Å². The van der Waals surface area contributed by atoms with Crippen molar-refractivity contribution in [1.29, 1.82) is 0 Å². The molecule has 0 radical (unpaired) electrons. The van der Waals surface area contributed by atoms with E-state index in [1.54, 1.807) is 4.90 Å². The van der Waals surface area contributed by atoms with Gasteiger partial charge in [0.05, 0.1) is 13.2 Å². The highest BCUT2D eigenvalue weighted by molar-refractivity contribution is 5.79. The molecule has 1 rings (SSSR count). The van der Waals surface area contributed by atoms with E-state index >= 15 is 0 Å². The van der Waals surface area contributed by atoms with Crippen molar-refractivity contribution in [3.63, 3.8) is 0 Å². The average molecular weight is 188 g/mol. The van der Waals surface area contributed by atoms with Crippen LogP contribution in [0.4, 0.5) is 0 Å². The summed E-state index contributed by atoms with van der Waals surface area (Å²) in [6.07, 6.45) is -0.673. The fraction of sp³-hybridized carbons (Fsp3) is 0.714. The number of nitrogens with two attached hydrogens (primary N) is 1. The molecular weight excluding hydrogens is 176 g/mol. The van der Waals surface area contributed by atoms with Crippen LogP contribution in [0.5, 0.6) is 0 Å². The predicted molar refractivity (Wildman–Crippen MR) is 43.0 cm³/mol. The smallest absolute Gasteiger partial charge is 0.317 e. The Kier molecular flexibility index (Phi) is 3.21. The zero-order valence-corrected chi connectivity index (χ0v) is 7.10. The lowest BCUT2D eigenvalue weighted by molar-refractivity contribution is -0.144. The Morgan fingerprint density at radius 3 is 2.85 bits per heavy atom. The maximum absolute atomic E-state index is 10.7. The Morgan fingerprint density at radius 2 is 2.31 bits per heavy atom. The number of carboxylic acids is 1. The van der Waals surface area contributed by atoms with Gasteiger partial charge in [-0.05, 0) is 0 Å². The number of nitrogens with zero attached hydrogens (tertiary/aromatic N) is 1. The maximum atomic E-state index is 10.7. The standard InChI is InChI=1S/C7H12N2O4/c8-7(12)5-3-9(1-2-13-5)4-6(10)11/h5H,1-4H2,(H2,8,12)(H,10,11). The maximum Gasteiger partial charge on any atom is 0.317 e. The molecule has 1 heterocycles. The van der Waals surface area contributed by atoms with E-state index in [-0.39, 0.29) is 13.1 Å². The van der Waals surface area contributed by atoms with Crippen LogP contribution in [0, 0.1) is 0 Å². The van der Waals surface area contributed by atoms with E-state index in [1.807, 2.05) is 0 Å². The SMILES string of the molecule is NC(=O)C1CN(CC(=O)O)CCO1. The van der Waals surface area contributed by atoms with Gasteiger partial charge < -0.3 is 15.6 Å². The zero-order chi connectivity index (χ0) is 9.84. The number of carbonyl (C=O) groups excluding carboxylic acids is 1. The van der Waals surface area contributed by atoms with Crippen molar-refractivity contribution >= 4 is 11.9 Å². The molecule has 0 aromatic heterocycles. The van der Waals surface area contributed by atoms with Crippen LogP contribution in [0.3, 0.4) is 0 Å². The third-order valence-corrected chi connectivity index (χ3v) is 1.83. The molecule has 0 aromatic rings. The van der Waals surface area contributed by atoms with Crippen LogP contribution in [-0.2, 0) is 14.3 Å². The third-order valence-electron chi connectivity index (χ3n) is 1.83. The minimum atomic E-state index is -0.912. The molecule has 13 heavy (non-hydrogen) atoms. The molecule has 0 aliphatic carbocycles. The molecular formula is C7H12N2O4. The summed E-state index contributed by atoms with van der Waals surface area (Å²) in [5, 5.41) is 8.49. The van der Waals surface area contributed by atoms with Gasteiger partial charge in [-0.3, -0.25) is 14.5 Å². The van der Waals surface area contributed by atoms with Crippen molar-refractivity contribution in [3.05, 3.63) is 0 Å². The summed E-state index contributed by atoms with van der Waals surface area (Å²) in [7, 11) is 0. The monoisotopic (exact) mass is 188 g/mol. The first kappa shape index (κ1) is 9.94. The van der Waals surface area contributed by atoms with E-state index in [4.69, 9.17) is 15.6 Å². The predicted octanol–water partition coefficient (Wildman–Crippen LogP) is -1.74. The van der Waals surface area contributed by atoms with Crippen LogP contribution in [0.25, 0.3) is 0 Å². The van der Waals surface area contributed by atoms with E-state index in [2.05, 4.69) is 0 Å². The molecule has 0 bridgehead atoms. The van der Waals surface area contributed by atoms with Crippen molar-refractivity contribution in [2.45, 2.75) is 6.10 Å². The van der Waals surface area contributed by atoms with E-state index in [1.165, 1.54) is 0 Å². The van der Waals surface area contributed by atoms with Gasteiger partial charge in [-0.25, -0.2) is 0 Å². The third kappa shape index (κ3) is 3.00. The van der Waals surface area contributed by atoms with Gasteiger partial charge in [-0.2, -0.15) is 0 Å². The average Bonchev–Trinajstić information content (AvgIpc) is 2.03. The van der Waals surface area contributed by atoms with Gasteiger partial charge in [0, 0.05) is 13.1 Å². The highest BCUT2D eigenvalue weighted by Gasteiger charge is 2.25. The number of primary amides is 1. The Balaban J connectivity index is 2.41. The van der Waals surface area contributed by atoms with Gasteiger partial charge in [0.25, 0.3) is 0 Å². The van der Waals surface area contributed by atoms with Gasteiger partial charge in [-0.15, -0.1) is 0 Å². The van der Waals surface area contributed by atoms with E-state index in [0.29, 0.717) is 13.2 Å². The Labute approximate surface area is 75.3 Å². The molecule has 6 heteroatoms. The number of amides is 1. The fourth-order valence-electron chi connectivity index (χ4n) is 1.21. The number of hydrogen-bond acceptors (Lipinski definition) is 4. The molecule has 1 aliphatic rings. The Hall–Kier alpha value is -1.14. The molecule has 74 valence electrons. The van der Waals surface area contributed by atoms with Gasteiger partial charge >= 0.3 is 5.97 Å². The quantitative estimate of drug-likeness (QED) is 0.548. The second-order valence-corrected chi connectivity index (χ2v) is 2.89. The van der Waals surface area contributed by atoms with Crippen LogP contribution in [0.2, 0.25) is 0 Å². The van der Waals surface area contributed by atoms with Gasteiger partial charge in [0.15, 0.2) is 0 Å². The van der Waals surface area contributed by atoms with Crippen molar-refractivity contribution in [3.8, 4) is 0 Å². The molecule has 1 fully saturated rings. The summed E-state index contributed by atoms with van der Waals surface area (Å²) in [4.78, 5) is 22.7. The van der Waals surface area contributed by atoms with E-state index in [0.717, 1.165) is 0 Å². The molecule has 1 atom stereocenters. The number of carboxylic acid groups (broad SMARTS) is 1. The number of hydrogen-bond donors (Lipinski definition) is 2. The molecule has 1 aliphatic heterocycles. The first-order valence-corrected chi connectivity index (χ1v) is 3.94. The second kappa shape index (κ2) is 4.20. The number of rotatable bonds is 3. The molecule has 1 amide bonds. The van der Waals surface area contributed by atoms with Gasteiger partial charge in [0.1, 0.15) is 6.10 Å². The van der Waals surface area contributed by atoms with E-state index in [9.17, 15) is 9.59 Å². The number of morpholine rings is 1. The molecule has 0 saturated carbocycles. The molecule has 1 saturated heterocycles. The minimum absolute atomic E-state index is 0.0763. The van der Waals surface area contributed by atoms with Crippen molar-refractivity contribution in [2.24, 2.45) is 5.73 Å². The Bertz CT molecular complexity index is 219. The lowest BCUT2D eigenvalue weighted by atomic mass is 10.2. The van der Waals surface area contributed by atoms with Gasteiger partial charge in [0.2, 0.25) is 5.91 Å². The summed E-state index contributed by atoms with van der Waals surface area (Å²) in [5.74, 6) is -1.46. The summed E-state index contributed by atoms with van der Waals surface area (Å²) in [6.45, 7) is 1.06. The number of ether oxygens (including phenoxy) is 1. The minimum Gasteiger partial charge on any atom is -0.480 e. The summed E-state index contributed by atoms with van der Waals surface area (Å²) in [6, 6.07) is 0. The van der Waals surface area contributed by atoms with Crippen LogP contribution in [0.15, 0.2) is 0 Å². The largest absolute Gasteiger partial charge is 0.480 e. The summed E-state index contributed by atoms with van der Waals surface area (Å²) >= 11 is 0. The molecule has 1 unspecified atom stereocenters. The first-order valence-electron chi connectivity index (χ1n) is 3.94. The van der Waals surface area contributed by atoms with E-state index < -0.39 is 18.0 Å². The second-order valence-electron chi connectivity index (χ2n) is 2.89. The van der Waals surface area contributed by atoms with Crippen LogP contribution in [-0.4, -0.2) is 54.2 Å². The van der Waals surface area contributed by atoms with Crippen LogP contribution < -0.4 is 5.73 Å². The first-order chi connectivity index (χ1) is 6.09. The summed E-state index contributed by atoms with van der Waals surface area (Å²) < 4.78 is 5.04. The number of carbonyl (C=O) groups is 2. The molecule has 0 aromatic carbocycles. The lowest BCUT2D eigenvalue weighted by Gasteiger charge is -2.29. The van der Waals surface area contributed by atoms with Crippen molar-refractivity contribution in [2.75, 3.05) is 26.2 Å². The highest BCUT2D eigenvalue weighted by Crippen LogP contribution is 2.03. The zero-order valence-electron chi connectivity index (χ0n) is 7.10. The summed E-state index contributed by atoms with van der Waals surface area (Å²) in [5.41, 5.74) is 5.02. The molecule has 3 N–H and O–H groups in total. The molecule has 0 spiro atoms. The van der Waals surface area contributed by atoms with Gasteiger partial charge in [-0.1, -0.05) is 0 Å². The fourth-order valence-corrected chi connectivity index (χ4v) is 1.21. The van der Waals surface area contributed by atoms with Crippen molar-refractivity contribution in [1.82, 2.24) is 4.90 Å². The number of aliphatic carboxylic acids is 1. The molecule has 6 nitrogen and oxygen atoms in total. The lowest BCUT2D eigenvalue weighted by Crippen LogP contribution is -2.49. The highest BCUT2D eigenvalue weighted by atomic mass is 16.5. The topological polar surface area (TPSA) is 92.9 Å². The normalized spacial score (nSPS) is 24.2. The Morgan fingerprint density at radius 1 is 1.62 bits per heavy atom. The van der Waals surface area contributed by atoms with Crippen molar-refractivity contribution < 1.29 is 19.4 Å².